The van der Waals surface area contributed by atoms with E-state index in [1.54, 1.807) is 18.2 Å². The quantitative estimate of drug-likeness (QED) is 0.938. The van der Waals surface area contributed by atoms with Gasteiger partial charge in [-0.3, -0.25) is 0 Å². The van der Waals surface area contributed by atoms with Crippen LogP contribution in [0.2, 0.25) is 5.02 Å². The zero-order chi connectivity index (χ0) is 14.8. The van der Waals surface area contributed by atoms with Crippen LogP contribution in [0.3, 0.4) is 0 Å². The van der Waals surface area contributed by atoms with Crippen molar-refractivity contribution in [1.82, 2.24) is 9.97 Å². The lowest BCUT2D eigenvalue weighted by molar-refractivity contribution is 0.608. The topological polar surface area (TPSA) is 55.0 Å². The van der Waals surface area contributed by atoms with E-state index in [4.69, 9.17) is 17.3 Å². The molecule has 21 heavy (non-hydrogen) atoms. The van der Waals surface area contributed by atoms with E-state index in [1.165, 1.54) is 24.2 Å². The monoisotopic (exact) mass is 322 g/mol. The van der Waals surface area contributed by atoms with Crippen LogP contribution in [-0.4, -0.2) is 9.97 Å². The summed E-state index contributed by atoms with van der Waals surface area (Å²) in [6.45, 7) is 0.325. The van der Waals surface area contributed by atoms with Crippen molar-refractivity contribution in [3.63, 3.8) is 0 Å². The Hall–Kier alpha value is -1.63. The molecule has 0 aliphatic carbocycles. The van der Waals surface area contributed by atoms with Crippen LogP contribution >= 0.6 is 23.4 Å². The molecule has 1 aromatic carbocycles. The molecule has 1 unspecified atom stereocenters. The standard InChI is InChI=1S/C14H12ClFN4S/c15-10-2-1-3-11(16)13(10)14-20(4-5-21-14)12-6-9(7-17)18-8-19-12/h1-6,8,14H,7,17H2. The summed E-state index contributed by atoms with van der Waals surface area (Å²) in [5, 5.41) is 1.99. The molecule has 0 radical (unpaired) electrons. The molecular weight excluding hydrogens is 311 g/mol. The summed E-state index contributed by atoms with van der Waals surface area (Å²) >= 11 is 7.63. The molecule has 0 saturated carbocycles. The second kappa shape index (κ2) is 6.01. The molecule has 108 valence electrons. The highest BCUT2D eigenvalue weighted by Crippen LogP contribution is 2.44. The first-order valence-electron chi connectivity index (χ1n) is 6.26. The van der Waals surface area contributed by atoms with Gasteiger partial charge in [0.2, 0.25) is 0 Å². The van der Waals surface area contributed by atoms with Crippen LogP contribution in [0.25, 0.3) is 0 Å². The lowest BCUT2D eigenvalue weighted by Crippen LogP contribution is -2.20. The summed E-state index contributed by atoms with van der Waals surface area (Å²) in [4.78, 5) is 10.2. The maximum absolute atomic E-state index is 14.1. The van der Waals surface area contributed by atoms with E-state index in [0.717, 1.165) is 5.69 Å². The molecule has 4 nitrogen and oxygen atoms in total. The second-order valence-electron chi connectivity index (χ2n) is 4.39. The molecule has 1 aromatic heterocycles. The van der Waals surface area contributed by atoms with Crippen molar-refractivity contribution >= 4 is 29.2 Å². The van der Waals surface area contributed by atoms with Gasteiger partial charge in [0.1, 0.15) is 23.3 Å². The van der Waals surface area contributed by atoms with Gasteiger partial charge >= 0.3 is 0 Å². The third kappa shape index (κ3) is 2.74. The number of benzene rings is 1. The molecule has 3 rings (SSSR count). The fourth-order valence-electron chi connectivity index (χ4n) is 2.11. The number of nitrogens with two attached hydrogens (primary N) is 1. The number of halogens is 2. The minimum Gasteiger partial charge on any atom is -0.325 e. The van der Waals surface area contributed by atoms with Crippen molar-refractivity contribution in [3.05, 3.63) is 64.3 Å². The zero-order valence-corrected chi connectivity index (χ0v) is 12.5. The Morgan fingerprint density at radius 1 is 1.38 bits per heavy atom. The van der Waals surface area contributed by atoms with Crippen LogP contribution < -0.4 is 10.6 Å². The minimum atomic E-state index is -0.332. The summed E-state index contributed by atoms with van der Waals surface area (Å²) in [5.41, 5.74) is 6.77. The van der Waals surface area contributed by atoms with E-state index in [-0.39, 0.29) is 11.2 Å². The van der Waals surface area contributed by atoms with E-state index in [0.29, 0.717) is 22.9 Å². The van der Waals surface area contributed by atoms with Gasteiger partial charge in [-0.1, -0.05) is 17.7 Å². The fourth-order valence-corrected chi connectivity index (χ4v) is 3.47. The number of hydrogen-bond donors (Lipinski definition) is 1. The third-order valence-electron chi connectivity index (χ3n) is 3.11. The summed E-state index contributed by atoms with van der Waals surface area (Å²) in [7, 11) is 0. The van der Waals surface area contributed by atoms with Crippen molar-refractivity contribution in [2.24, 2.45) is 5.73 Å². The van der Waals surface area contributed by atoms with Crippen molar-refractivity contribution in [3.8, 4) is 0 Å². The number of rotatable bonds is 3. The molecule has 0 spiro atoms. The van der Waals surface area contributed by atoms with Gasteiger partial charge in [-0.2, -0.15) is 0 Å². The summed E-state index contributed by atoms with van der Waals surface area (Å²) < 4.78 is 14.1. The van der Waals surface area contributed by atoms with Crippen LogP contribution in [0.5, 0.6) is 0 Å². The Bertz CT molecular complexity index is 674. The molecular formula is C14H12ClFN4S. The summed E-state index contributed by atoms with van der Waals surface area (Å²) in [5.74, 6) is 0.331. The lowest BCUT2D eigenvalue weighted by Gasteiger charge is -2.25. The SMILES string of the molecule is NCc1cc(N2C=CSC2c2c(F)cccc2Cl)ncn1. The number of hydrogen-bond acceptors (Lipinski definition) is 5. The van der Waals surface area contributed by atoms with Crippen LogP contribution in [0, 0.1) is 5.82 Å². The molecule has 0 bridgehead atoms. The maximum atomic E-state index is 14.1. The van der Waals surface area contributed by atoms with E-state index in [1.807, 2.05) is 16.5 Å². The Labute approximate surface area is 130 Å². The van der Waals surface area contributed by atoms with Gasteiger partial charge < -0.3 is 10.6 Å². The highest BCUT2D eigenvalue weighted by molar-refractivity contribution is 8.02. The van der Waals surface area contributed by atoms with Crippen LogP contribution in [0.15, 0.2) is 42.2 Å². The predicted molar refractivity (Wildman–Crippen MR) is 83.3 cm³/mol. The van der Waals surface area contributed by atoms with Crippen molar-refractivity contribution in [2.45, 2.75) is 11.9 Å². The van der Waals surface area contributed by atoms with E-state index < -0.39 is 0 Å². The normalized spacial score (nSPS) is 17.5. The molecule has 0 amide bonds. The van der Waals surface area contributed by atoms with Gasteiger partial charge in [0.05, 0.1) is 5.69 Å². The van der Waals surface area contributed by atoms with E-state index in [9.17, 15) is 4.39 Å². The molecule has 7 heteroatoms. The molecule has 1 aliphatic rings. The average Bonchev–Trinajstić information content (AvgIpc) is 2.96. The Morgan fingerprint density at radius 3 is 3.00 bits per heavy atom. The number of anilines is 1. The Balaban J connectivity index is 2.00. The summed E-state index contributed by atoms with van der Waals surface area (Å²) in [6.07, 6.45) is 3.30. The van der Waals surface area contributed by atoms with Gasteiger partial charge in [0, 0.05) is 29.4 Å². The predicted octanol–water partition coefficient (Wildman–Crippen LogP) is 3.45. The van der Waals surface area contributed by atoms with Crippen LogP contribution in [0.1, 0.15) is 16.6 Å². The summed E-state index contributed by atoms with van der Waals surface area (Å²) in [6, 6.07) is 6.47. The van der Waals surface area contributed by atoms with Crippen LogP contribution in [0.4, 0.5) is 10.2 Å². The number of thioether (sulfide) groups is 1. The van der Waals surface area contributed by atoms with Crippen molar-refractivity contribution in [1.29, 1.82) is 0 Å². The minimum absolute atomic E-state index is 0.292. The smallest absolute Gasteiger partial charge is 0.137 e. The molecule has 1 aliphatic heterocycles. The van der Waals surface area contributed by atoms with Crippen LogP contribution in [-0.2, 0) is 6.54 Å². The molecule has 2 N–H and O–H groups in total. The third-order valence-corrected chi connectivity index (χ3v) is 4.44. The first kappa shape index (κ1) is 14.3. The second-order valence-corrected chi connectivity index (χ2v) is 5.79. The average molecular weight is 323 g/mol. The number of nitrogens with zero attached hydrogens (tertiary/aromatic N) is 3. The highest BCUT2D eigenvalue weighted by Gasteiger charge is 2.28. The Morgan fingerprint density at radius 2 is 2.24 bits per heavy atom. The molecule has 1 atom stereocenters. The van der Waals surface area contributed by atoms with Gasteiger partial charge in [-0.15, -0.1) is 11.8 Å². The largest absolute Gasteiger partial charge is 0.325 e. The number of aromatic nitrogens is 2. The zero-order valence-electron chi connectivity index (χ0n) is 10.9. The maximum Gasteiger partial charge on any atom is 0.137 e. The van der Waals surface area contributed by atoms with E-state index in [2.05, 4.69) is 9.97 Å². The molecule has 0 fully saturated rings. The molecule has 2 heterocycles. The van der Waals surface area contributed by atoms with Gasteiger partial charge in [0.15, 0.2) is 0 Å². The lowest BCUT2D eigenvalue weighted by atomic mass is 10.2. The van der Waals surface area contributed by atoms with Crippen molar-refractivity contribution < 1.29 is 4.39 Å². The first-order valence-corrected chi connectivity index (χ1v) is 7.58. The highest BCUT2D eigenvalue weighted by atomic mass is 35.5. The molecule has 2 aromatic rings. The van der Waals surface area contributed by atoms with Gasteiger partial charge in [-0.05, 0) is 17.5 Å². The van der Waals surface area contributed by atoms with Crippen molar-refractivity contribution in [2.75, 3.05) is 4.90 Å². The van der Waals surface area contributed by atoms with Gasteiger partial charge in [-0.25, -0.2) is 14.4 Å². The first-order chi connectivity index (χ1) is 10.2. The fraction of sp³-hybridized carbons (Fsp3) is 0.143. The van der Waals surface area contributed by atoms with E-state index >= 15 is 0 Å². The molecule has 0 saturated heterocycles. The van der Waals surface area contributed by atoms with Gasteiger partial charge in [0.25, 0.3) is 0 Å². The Kier molecular flexibility index (Phi) is 4.10.